The molecule has 1 aromatic carbocycles. The molecular formula is C20H23ClN6O2S. The Kier molecular flexibility index (Phi) is 6.03. The highest BCUT2D eigenvalue weighted by Crippen LogP contribution is 2.27. The van der Waals surface area contributed by atoms with E-state index in [1.165, 1.54) is 11.3 Å². The van der Waals surface area contributed by atoms with E-state index >= 15 is 0 Å². The summed E-state index contributed by atoms with van der Waals surface area (Å²) in [5.74, 6) is -0.322. The number of thiazole rings is 1. The summed E-state index contributed by atoms with van der Waals surface area (Å²) in [6.45, 7) is 2.02. The zero-order chi connectivity index (χ0) is 21.3. The van der Waals surface area contributed by atoms with Crippen molar-refractivity contribution in [1.29, 1.82) is 0 Å². The zero-order valence-electron chi connectivity index (χ0n) is 16.8. The van der Waals surface area contributed by atoms with Crippen molar-refractivity contribution >= 4 is 45.7 Å². The zero-order valence-corrected chi connectivity index (χ0v) is 18.4. The fourth-order valence-corrected chi connectivity index (χ4v) is 4.46. The van der Waals surface area contributed by atoms with Gasteiger partial charge >= 0.3 is 0 Å². The maximum absolute atomic E-state index is 12.7. The first-order chi connectivity index (χ1) is 14.4. The molecule has 1 fully saturated rings. The summed E-state index contributed by atoms with van der Waals surface area (Å²) in [5.41, 5.74) is 1.84. The molecule has 2 aromatic heterocycles. The third kappa shape index (κ3) is 4.48. The van der Waals surface area contributed by atoms with Gasteiger partial charge in [0.05, 0.1) is 11.6 Å². The molecule has 2 amide bonds. The second-order valence-electron chi connectivity index (χ2n) is 7.64. The van der Waals surface area contributed by atoms with E-state index < -0.39 is 0 Å². The summed E-state index contributed by atoms with van der Waals surface area (Å²) >= 11 is 7.41. The van der Waals surface area contributed by atoms with Crippen molar-refractivity contribution in [2.45, 2.75) is 12.8 Å². The van der Waals surface area contributed by atoms with Crippen molar-refractivity contribution in [2.75, 3.05) is 39.0 Å². The van der Waals surface area contributed by atoms with E-state index in [2.05, 4.69) is 20.3 Å². The predicted molar refractivity (Wildman–Crippen MR) is 118 cm³/mol. The number of rotatable bonds is 7. The molecule has 1 aliphatic rings. The fourth-order valence-electron chi connectivity index (χ4n) is 3.51. The molecule has 0 aliphatic carbocycles. The van der Waals surface area contributed by atoms with Crippen LogP contribution >= 0.6 is 22.9 Å². The van der Waals surface area contributed by atoms with Gasteiger partial charge in [-0.2, -0.15) is 4.98 Å². The number of hydrogen-bond acceptors (Lipinski definition) is 6. The number of hydrogen-bond donors (Lipinski definition) is 1. The van der Waals surface area contributed by atoms with Gasteiger partial charge in [-0.25, -0.2) is 4.52 Å². The summed E-state index contributed by atoms with van der Waals surface area (Å²) in [5, 5.41) is 9.85. The van der Waals surface area contributed by atoms with Crippen LogP contribution in [0.4, 0.5) is 5.95 Å². The molecule has 0 spiro atoms. The highest BCUT2D eigenvalue weighted by molar-refractivity contribution is 7.15. The lowest BCUT2D eigenvalue weighted by Gasteiger charge is -2.17. The molecule has 0 saturated carbocycles. The minimum atomic E-state index is -0.380. The summed E-state index contributed by atoms with van der Waals surface area (Å²) in [6, 6.07) is 7.47. The molecule has 0 radical (unpaired) electrons. The maximum atomic E-state index is 12.7. The van der Waals surface area contributed by atoms with Gasteiger partial charge in [0, 0.05) is 35.5 Å². The number of carbonyl (C=O) groups excluding carboxylic acids is 2. The van der Waals surface area contributed by atoms with Crippen molar-refractivity contribution in [1.82, 2.24) is 24.4 Å². The Bertz CT molecular complexity index is 1060. The Balaban J connectivity index is 1.41. The molecule has 1 saturated heterocycles. The standard InChI is InChI=1S/C20H23ClN6O2S/c1-25(2)8-3-9-26-11-14(10-17(26)28)18(29)22-19-23-20-27(24-19)16(12-30-20)13-4-6-15(21)7-5-13/h4-7,12,14H,3,8-11H2,1-2H3,(H,22,24,29). The lowest BCUT2D eigenvalue weighted by Crippen LogP contribution is -2.30. The predicted octanol–water partition coefficient (Wildman–Crippen LogP) is 2.85. The quantitative estimate of drug-likeness (QED) is 0.603. The highest BCUT2D eigenvalue weighted by Gasteiger charge is 2.34. The van der Waals surface area contributed by atoms with Gasteiger partial charge in [-0.05, 0) is 39.2 Å². The first-order valence-corrected chi connectivity index (χ1v) is 11.0. The Morgan fingerprint density at radius 3 is 2.83 bits per heavy atom. The average Bonchev–Trinajstić information content (AvgIpc) is 3.37. The van der Waals surface area contributed by atoms with Gasteiger partial charge in [-0.3, -0.25) is 14.9 Å². The van der Waals surface area contributed by atoms with Crippen LogP contribution < -0.4 is 5.32 Å². The van der Waals surface area contributed by atoms with Crippen molar-refractivity contribution in [3.8, 4) is 11.3 Å². The van der Waals surface area contributed by atoms with Gasteiger partial charge in [0.15, 0.2) is 0 Å². The number of likely N-dealkylation sites (tertiary alicyclic amines) is 1. The third-order valence-electron chi connectivity index (χ3n) is 5.08. The fraction of sp³-hybridized carbons (Fsp3) is 0.400. The minimum absolute atomic E-state index is 0.0257. The number of halogens is 1. The monoisotopic (exact) mass is 446 g/mol. The molecule has 3 aromatic rings. The maximum Gasteiger partial charge on any atom is 0.250 e. The van der Waals surface area contributed by atoms with Crippen LogP contribution in [-0.4, -0.2) is 69.9 Å². The van der Waals surface area contributed by atoms with Crippen LogP contribution in [0.25, 0.3) is 16.2 Å². The van der Waals surface area contributed by atoms with Crippen LogP contribution in [0.15, 0.2) is 29.6 Å². The number of anilines is 1. The van der Waals surface area contributed by atoms with Crippen molar-refractivity contribution < 1.29 is 9.59 Å². The van der Waals surface area contributed by atoms with Gasteiger partial charge in [-0.1, -0.05) is 23.7 Å². The number of aromatic nitrogens is 3. The Labute approximate surface area is 183 Å². The van der Waals surface area contributed by atoms with Gasteiger partial charge in [0.2, 0.25) is 22.7 Å². The van der Waals surface area contributed by atoms with Crippen LogP contribution in [0.3, 0.4) is 0 Å². The number of nitrogens with zero attached hydrogens (tertiary/aromatic N) is 5. The van der Waals surface area contributed by atoms with E-state index in [1.807, 2.05) is 43.7 Å². The molecule has 1 unspecified atom stereocenters. The summed E-state index contributed by atoms with van der Waals surface area (Å²) < 4.78 is 1.71. The smallest absolute Gasteiger partial charge is 0.250 e. The third-order valence-corrected chi connectivity index (χ3v) is 6.14. The molecular weight excluding hydrogens is 424 g/mol. The lowest BCUT2D eigenvalue weighted by atomic mass is 10.1. The van der Waals surface area contributed by atoms with E-state index in [-0.39, 0.29) is 30.1 Å². The summed E-state index contributed by atoms with van der Waals surface area (Å²) in [7, 11) is 4.01. The van der Waals surface area contributed by atoms with Crippen LogP contribution in [0.2, 0.25) is 5.02 Å². The van der Waals surface area contributed by atoms with Gasteiger partial charge in [-0.15, -0.1) is 16.4 Å². The number of benzene rings is 1. The van der Waals surface area contributed by atoms with Gasteiger partial charge in [0.25, 0.3) is 0 Å². The number of fused-ring (bicyclic) bond motifs is 1. The molecule has 1 N–H and O–H groups in total. The first kappa shape index (κ1) is 20.8. The Morgan fingerprint density at radius 1 is 1.33 bits per heavy atom. The minimum Gasteiger partial charge on any atom is -0.342 e. The van der Waals surface area contributed by atoms with E-state index in [4.69, 9.17) is 11.6 Å². The second kappa shape index (κ2) is 8.71. The van der Waals surface area contributed by atoms with Crippen LogP contribution in [0, 0.1) is 5.92 Å². The SMILES string of the molecule is CN(C)CCCN1CC(C(=O)Nc2nc3scc(-c4ccc(Cl)cc4)n3n2)CC1=O. The largest absolute Gasteiger partial charge is 0.342 e. The van der Waals surface area contributed by atoms with Crippen molar-refractivity contribution in [3.05, 3.63) is 34.7 Å². The van der Waals surface area contributed by atoms with E-state index in [9.17, 15) is 9.59 Å². The van der Waals surface area contributed by atoms with E-state index in [0.717, 1.165) is 24.2 Å². The Morgan fingerprint density at radius 2 is 2.10 bits per heavy atom. The average molecular weight is 447 g/mol. The summed E-state index contributed by atoms with van der Waals surface area (Å²) in [4.78, 5) is 33.9. The van der Waals surface area contributed by atoms with Gasteiger partial charge < -0.3 is 9.80 Å². The molecule has 158 valence electrons. The van der Waals surface area contributed by atoms with E-state index in [0.29, 0.717) is 23.1 Å². The van der Waals surface area contributed by atoms with Crippen molar-refractivity contribution in [2.24, 2.45) is 5.92 Å². The van der Waals surface area contributed by atoms with Crippen LogP contribution in [-0.2, 0) is 9.59 Å². The molecule has 0 bridgehead atoms. The Hall–Kier alpha value is -2.49. The molecule has 1 aliphatic heterocycles. The molecule has 10 heteroatoms. The lowest BCUT2D eigenvalue weighted by molar-refractivity contribution is -0.128. The number of amides is 2. The molecule has 8 nitrogen and oxygen atoms in total. The molecule has 30 heavy (non-hydrogen) atoms. The molecule has 1 atom stereocenters. The van der Waals surface area contributed by atoms with Crippen molar-refractivity contribution in [3.63, 3.8) is 0 Å². The topological polar surface area (TPSA) is 82.8 Å². The first-order valence-electron chi connectivity index (χ1n) is 9.74. The highest BCUT2D eigenvalue weighted by atomic mass is 35.5. The number of carbonyl (C=O) groups is 2. The van der Waals surface area contributed by atoms with Crippen LogP contribution in [0.5, 0.6) is 0 Å². The molecule has 4 rings (SSSR count). The molecule has 3 heterocycles. The van der Waals surface area contributed by atoms with E-state index in [1.54, 1.807) is 9.42 Å². The van der Waals surface area contributed by atoms with Gasteiger partial charge in [0.1, 0.15) is 0 Å². The normalized spacial score (nSPS) is 16.7. The van der Waals surface area contributed by atoms with Crippen LogP contribution in [0.1, 0.15) is 12.8 Å². The number of nitrogens with one attached hydrogen (secondary N) is 1. The summed E-state index contributed by atoms with van der Waals surface area (Å²) in [6.07, 6.45) is 1.12. The second-order valence-corrected chi connectivity index (χ2v) is 8.92.